The molecule has 4 rings (SSSR count). The third kappa shape index (κ3) is 3.39. The van der Waals surface area contributed by atoms with E-state index in [4.69, 9.17) is 14.7 Å². The number of pyridine rings is 1. The zero-order valence-corrected chi connectivity index (χ0v) is 15.8. The lowest BCUT2D eigenvalue weighted by Crippen LogP contribution is -2.43. The number of thiophene rings is 1. The van der Waals surface area contributed by atoms with E-state index in [-0.39, 0.29) is 36.1 Å². The van der Waals surface area contributed by atoms with Gasteiger partial charge in [-0.05, 0) is 37.1 Å². The van der Waals surface area contributed by atoms with Crippen molar-refractivity contribution in [1.29, 1.82) is 0 Å². The molecule has 2 aliphatic rings. The molecule has 27 heavy (non-hydrogen) atoms. The Hall–Kier alpha value is -1.85. The van der Waals surface area contributed by atoms with E-state index in [0.717, 1.165) is 16.2 Å². The van der Waals surface area contributed by atoms with Crippen molar-refractivity contribution in [3.05, 3.63) is 36.5 Å². The SMILES string of the molecule is O=C(NO)C1(CS(=O)(=O)c2ccc(-c3ccccn3)s2)CC2OCOC2C1. The van der Waals surface area contributed by atoms with Gasteiger partial charge in [-0.2, -0.15) is 0 Å². The average Bonchev–Trinajstić information content (AvgIpc) is 3.37. The number of aromatic nitrogens is 1. The zero-order valence-electron chi connectivity index (χ0n) is 14.2. The van der Waals surface area contributed by atoms with Crippen molar-refractivity contribution in [1.82, 2.24) is 10.5 Å². The van der Waals surface area contributed by atoms with Crippen LogP contribution >= 0.6 is 11.3 Å². The number of hydroxylamine groups is 1. The minimum Gasteiger partial charge on any atom is -0.349 e. The van der Waals surface area contributed by atoms with Gasteiger partial charge in [0.15, 0.2) is 9.84 Å². The van der Waals surface area contributed by atoms with Crippen LogP contribution in [0.1, 0.15) is 12.8 Å². The molecule has 0 spiro atoms. The minimum atomic E-state index is -3.77. The van der Waals surface area contributed by atoms with Crippen molar-refractivity contribution >= 4 is 27.1 Å². The Balaban J connectivity index is 1.62. The number of nitrogens with zero attached hydrogens (tertiary/aromatic N) is 1. The molecule has 0 radical (unpaired) electrons. The first-order valence-corrected chi connectivity index (χ1v) is 10.8. The highest BCUT2D eigenvalue weighted by Crippen LogP contribution is 2.46. The summed E-state index contributed by atoms with van der Waals surface area (Å²) in [6.07, 6.45) is 1.32. The lowest BCUT2D eigenvalue weighted by Gasteiger charge is -2.26. The molecule has 2 aromatic heterocycles. The van der Waals surface area contributed by atoms with Crippen LogP contribution in [0.5, 0.6) is 0 Å². The smallest absolute Gasteiger partial charge is 0.250 e. The van der Waals surface area contributed by atoms with E-state index in [1.165, 1.54) is 6.07 Å². The molecule has 1 amide bonds. The predicted octanol–water partition coefficient (Wildman–Crippen LogP) is 1.61. The fourth-order valence-electron chi connectivity index (χ4n) is 3.72. The number of fused-ring (bicyclic) bond motifs is 1. The summed E-state index contributed by atoms with van der Waals surface area (Å²) in [4.78, 5) is 17.3. The number of nitrogens with one attached hydrogen (secondary N) is 1. The van der Waals surface area contributed by atoms with Gasteiger partial charge in [0.1, 0.15) is 11.0 Å². The summed E-state index contributed by atoms with van der Waals surface area (Å²) in [6, 6.07) is 8.64. The molecule has 2 aromatic rings. The molecule has 0 aromatic carbocycles. The fraction of sp³-hybridized carbons (Fsp3) is 0.412. The standard InChI is InChI=1S/C17H18N2O6S2/c20-16(19-21)17(7-12-13(8-17)25-10-24-12)9-27(22,23)15-5-4-14(26-15)11-3-1-2-6-18-11/h1-6,12-13,21H,7-10H2,(H,19,20). The number of ether oxygens (including phenoxy) is 2. The van der Waals surface area contributed by atoms with Crippen molar-refractivity contribution in [2.24, 2.45) is 5.41 Å². The van der Waals surface area contributed by atoms with Crippen LogP contribution in [0.3, 0.4) is 0 Å². The normalized spacial score (nSPS) is 27.4. The molecule has 3 heterocycles. The van der Waals surface area contributed by atoms with Crippen LogP contribution < -0.4 is 5.48 Å². The second kappa shape index (κ2) is 6.95. The third-order valence-electron chi connectivity index (χ3n) is 5.02. The number of carbonyl (C=O) groups excluding carboxylic acids is 1. The second-order valence-corrected chi connectivity index (χ2v) is 10.1. The van der Waals surface area contributed by atoms with E-state index >= 15 is 0 Å². The monoisotopic (exact) mass is 410 g/mol. The summed E-state index contributed by atoms with van der Waals surface area (Å²) in [5, 5.41) is 9.16. The van der Waals surface area contributed by atoms with E-state index in [2.05, 4.69) is 4.98 Å². The topological polar surface area (TPSA) is 115 Å². The number of rotatable bonds is 5. The summed E-state index contributed by atoms with van der Waals surface area (Å²) < 4.78 is 37.1. The molecular weight excluding hydrogens is 392 g/mol. The summed E-state index contributed by atoms with van der Waals surface area (Å²) in [5.74, 6) is -1.15. The van der Waals surface area contributed by atoms with Crippen molar-refractivity contribution in [2.75, 3.05) is 12.5 Å². The second-order valence-electron chi connectivity index (χ2n) is 6.75. The van der Waals surface area contributed by atoms with Crippen LogP contribution in [0.15, 0.2) is 40.7 Å². The Morgan fingerprint density at radius 3 is 2.63 bits per heavy atom. The molecule has 2 atom stereocenters. The molecule has 1 saturated carbocycles. The van der Waals surface area contributed by atoms with Gasteiger partial charge in [0, 0.05) is 6.20 Å². The molecule has 1 saturated heterocycles. The first-order chi connectivity index (χ1) is 12.9. The van der Waals surface area contributed by atoms with Gasteiger partial charge in [0.05, 0.1) is 33.9 Å². The highest BCUT2D eigenvalue weighted by molar-refractivity contribution is 7.93. The Labute approximate surface area is 160 Å². The summed E-state index contributed by atoms with van der Waals surface area (Å²) in [5.41, 5.74) is 1.01. The van der Waals surface area contributed by atoms with Gasteiger partial charge in [-0.3, -0.25) is 15.0 Å². The van der Waals surface area contributed by atoms with Crippen LogP contribution in [0.4, 0.5) is 0 Å². The summed E-state index contributed by atoms with van der Waals surface area (Å²) in [7, 11) is -3.77. The fourth-order valence-corrected chi connectivity index (χ4v) is 6.90. The first kappa shape index (κ1) is 18.5. The van der Waals surface area contributed by atoms with Crippen LogP contribution in [0.2, 0.25) is 0 Å². The minimum absolute atomic E-state index is 0.136. The van der Waals surface area contributed by atoms with Crippen molar-refractivity contribution < 1.29 is 27.9 Å². The van der Waals surface area contributed by atoms with Crippen LogP contribution in [-0.4, -0.2) is 49.3 Å². The van der Waals surface area contributed by atoms with Gasteiger partial charge >= 0.3 is 0 Å². The maximum atomic E-state index is 13.0. The van der Waals surface area contributed by atoms with E-state index < -0.39 is 26.9 Å². The first-order valence-electron chi connectivity index (χ1n) is 8.35. The van der Waals surface area contributed by atoms with Crippen LogP contribution in [-0.2, 0) is 24.1 Å². The lowest BCUT2D eigenvalue weighted by molar-refractivity contribution is -0.140. The lowest BCUT2D eigenvalue weighted by atomic mass is 9.87. The van der Waals surface area contributed by atoms with Crippen molar-refractivity contribution in [2.45, 2.75) is 29.3 Å². The van der Waals surface area contributed by atoms with Gasteiger partial charge in [0.2, 0.25) is 0 Å². The number of sulfone groups is 1. The van der Waals surface area contributed by atoms with Gasteiger partial charge in [0.25, 0.3) is 5.91 Å². The van der Waals surface area contributed by atoms with Gasteiger partial charge in [-0.1, -0.05) is 6.07 Å². The largest absolute Gasteiger partial charge is 0.349 e. The summed E-state index contributed by atoms with van der Waals surface area (Å²) >= 11 is 1.11. The van der Waals surface area contributed by atoms with E-state index in [1.807, 2.05) is 6.07 Å². The van der Waals surface area contributed by atoms with Crippen molar-refractivity contribution in [3.8, 4) is 10.6 Å². The molecule has 8 nitrogen and oxygen atoms in total. The van der Waals surface area contributed by atoms with Crippen LogP contribution in [0.25, 0.3) is 10.6 Å². The van der Waals surface area contributed by atoms with Gasteiger partial charge in [-0.25, -0.2) is 13.9 Å². The maximum absolute atomic E-state index is 13.0. The number of carbonyl (C=O) groups is 1. The van der Waals surface area contributed by atoms with Gasteiger partial charge in [-0.15, -0.1) is 11.3 Å². The highest BCUT2D eigenvalue weighted by Gasteiger charge is 2.55. The molecular formula is C17H18N2O6S2. The quantitative estimate of drug-likeness (QED) is 0.568. The summed E-state index contributed by atoms with van der Waals surface area (Å²) in [6.45, 7) is 0.136. The predicted molar refractivity (Wildman–Crippen MR) is 95.8 cm³/mol. The Kier molecular flexibility index (Phi) is 4.77. The zero-order chi connectivity index (χ0) is 19.1. The van der Waals surface area contributed by atoms with E-state index in [0.29, 0.717) is 5.69 Å². The number of hydrogen-bond donors (Lipinski definition) is 2. The van der Waals surface area contributed by atoms with E-state index in [1.54, 1.807) is 29.9 Å². The van der Waals surface area contributed by atoms with Crippen LogP contribution in [0, 0.1) is 5.41 Å². The Bertz CT molecular complexity index is 931. The molecule has 10 heteroatoms. The molecule has 144 valence electrons. The molecule has 1 aliphatic heterocycles. The molecule has 2 unspecified atom stereocenters. The molecule has 0 bridgehead atoms. The Morgan fingerprint density at radius 1 is 1.26 bits per heavy atom. The highest BCUT2D eigenvalue weighted by atomic mass is 32.2. The Morgan fingerprint density at radius 2 is 2.00 bits per heavy atom. The average molecular weight is 410 g/mol. The number of amides is 1. The molecule has 1 aliphatic carbocycles. The number of hydrogen-bond acceptors (Lipinski definition) is 8. The maximum Gasteiger partial charge on any atom is 0.250 e. The van der Waals surface area contributed by atoms with Crippen molar-refractivity contribution in [3.63, 3.8) is 0 Å². The van der Waals surface area contributed by atoms with Gasteiger partial charge < -0.3 is 9.47 Å². The third-order valence-corrected chi connectivity index (χ3v) is 8.61. The molecule has 2 N–H and O–H groups in total. The van der Waals surface area contributed by atoms with E-state index in [9.17, 15) is 13.2 Å². The molecule has 2 fully saturated rings.